The standard InChI is InChI=1S/C19H26N2O2/c1-13(2)11-21(12-14(3)4)19(22)17-10-18(23-20-17)16-8-6-7-15(5)9-16/h6-10,13-14H,11-12H2,1-5H3. The molecule has 4 heteroatoms. The van der Waals surface area contributed by atoms with Gasteiger partial charge in [-0.2, -0.15) is 0 Å². The fourth-order valence-electron chi connectivity index (χ4n) is 2.59. The van der Waals surface area contributed by atoms with Crippen molar-refractivity contribution in [2.75, 3.05) is 13.1 Å². The van der Waals surface area contributed by atoms with Crippen LogP contribution in [-0.2, 0) is 0 Å². The first-order valence-electron chi connectivity index (χ1n) is 8.20. The maximum absolute atomic E-state index is 12.7. The molecule has 0 aliphatic rings. The molecule has 4 nitrogen and oxygen atoms in total. The molecule has 2 rings (SSSR count). The minimum absolute atomic E-state index is 0.0601. The average Bonchev–Trinajstić information content (AvgIpc) is 2.94. The van der Waals surface area contributed by atoms with Crippen LogP contribution in [0.3, 0.4) is 0 Å². The second-order valence-electron chi connectivity index (χ2n) is 6.94. The summed E-state index contributed by atoms with van der Waals surface area (Å²) in [6.07, 6.45) is 0. The monoisotopic (exact) mass is 314 g/mol. The zero-order chi connectivity index (χ0) is 17.0. The van der Waals surface area contributed by atoms with Crippen LogP contribution >= 0.6 is 0 Å². The molecule has 0 aliphatic heterocycles. The molecule has 1 aromatic carbocycles. The number of carbonyl (C=O) groups excluding carboxylic acids is 1. The number of hydrogen-bond acceptors (Lipinski definition) is 3. The van der Waals surface area contributed by atoms with Gasteiger partial charge in [0.1, 0.15) is 0 Å². The second kappa shape index (κ2) is 7.44. The van der Waals surface area contributed by atoms with Gasteiger partial charge in [0.2, 0.25) is 0 Å². The Bertz CT molecular complexity index is 649. The van der Waals surface area contributed by atoms with Crippen LogP contribution in [-0.4, -0.2) is 29.1 Å². The van der Waals surface area contributed by atoms with Crippen LogP contribution in [0.15, 0.2) is 34.9 Å². The molecule has 0 bridgehead atoms. The summed E-state index contributed by atoms with van der Waals surface area (Å²) in [7, 11) is 0. The highest BCUT2D eigenvalue weighted by molar-refractivity contribution is 5.93. The summed E-state index contributed by atoms with van der Waals surface area (Å²) in [6.45, 7) is 11.9. The number of amides is 1. The summed E-state index contributed by atoms with van der Waals surface area (Å²) in [6, 6.07) is 9.72. The van der Waals surface area contributed by atoms with Gasteiger partial charge in [0, 0.05) is 24.7 Å². The van der Waals surface area contributed by atoms with Crippen LogP contribution in [0.5, 0.6) is 0 Å². The summed E-state index contributed by atoms with van der Waals surface area (Å²) in [5.74, 6) is 1.41. The van der Waals surface area contributed by atoms with Crippen molar-refractivity contribution < 1.29 is 9.32 Å². The van der Waals surface area contributed by atoms with Crippen molar-refractivity contribution in [1.29, 1.82) is 0 Å². The van der Waals surface area contributed by atoms with E-state index in [0.29, 0.717) is 23.3 Å². The van der Waals surface area contributed by atoms with Crippen molar-refractivity contribution in [3.63, 3.8) is 0 Å². The lowest BCUT2D eigenvalue weighted by atomic mass is 10.1. The minimum Gasteiger partial charge on any atom is -0.355 e. The van der Waals surface area contributed by atoms with Gasteiger partial charge >= 0.3 is 0 Å². The predicted octanol–water partition coefficient (Wildman–Crippen LogP) is 4.40. The summed E-state index contributed by atoms with van der Waals surface area (Å²) in [5.41, 5.74) is 2.46. The maximum atomic E-state index is 12.7. The predicted molar refractivity (Wildman–Crippen MR) is 92.3 cm³/mol. The second-order valence-corrected chi connectivity index (χ2v) is 6.94. The van der Waals surface area contributed by atoms with Gasteiger partial charge in [0.05, 0.1) is 0 Å². The smallest absolute Gasteiger partial charge is 0.276 e. The SMILES string of the molecule is Cc1cccc(-c2cc(C(=O)N(CC(C)C)CC(C)C)no2)c1. The number of benzene rings is 1. The normalized spacial score (nSPS) is 11.3. The molecule has 0 radical (unpaired) electrons. The molecule has 1 aromatic heterocycles. The van der Waals surface area contributed by atoms with Crippen LogP contribution in [0.4, 0.5) is 0 Å². The van der Waals surface area contributed by atoms with Gasteiger partial charge in [0.25, 0.3) is 5.91 Å². The Morgan fingerprint density at radius 1 is 1.13 bits per heavy atom. The first-order valence-corrected chi connectivity index (χ1v) is 8.20. The van der Waals surface area contributed by atoms with Crippen molar-refractivity contribution in [3.05, 3.63) is 41.6 Å². The number of nitrogens with zero attached hydrogens (tertiary/aromatic N) is 2. The molecule has 1 heterocycles. The lowest BCUT2D eigenvalue weighted by Gasteiger charge is -2.25. The van der Waals surface area contributed by atoms with Crippen molar-refractivity contribution in [1.82, 2.24) is 10.1 Å². The van der Waals surface area contributed by atoms with Gasteiger partial charge in [-0.1, -0.05) is 56.6 Å². The van der Waals surface area contributed by atoms with Gasteiger partial charge in [-0.15, -0.1) is 0 Å². The third-order valence-electron chi connectivity index (χ3n) is 3.49. The summed E-state index contributed by atoms with van der Waals surface area (Å²) < 4.78 is 5.39. The highest BCUT2D eigenvalue weighted by atomic mass is 16.5. The van der Waals surface area contributed by atoms with Crippen molar-refractivity contribution in [3.8, 4) is 11.3 Å². The molecule has 0 fully saturated rings. The first-order chi connectivity index (χ1) is 10.9. The Morgan fingerprint density at radius 3 is 2.35 bits per heavy atom. The van der Waals surface area contributed by atoms with Gasteiger partial charge in [0.15, 0.2) is 11.5 Å². The fraction of sp³-hybridized carbons (Fsp3) is 0.474. The molecule has 0 saturated carbocycles. The average molecular weight is 314 g/mol. The van der Waals surface area contributed by atoms with Gasteiger partial charge in [-0.05, 0) is 24.8 Å². The van der Waals surface area contributed by atoms with E-state index in [1.807, 2.05) is 36.1 Å². The number of aryl methyl sites for hydroxylation is 1. The van der Waals surface area contributed by atoms with Crippen LogP contribution < -0.4 is 0 Å². The van der Waals surface area contributed by atoms with E-state index in [0.717, 1.165) is 24.2 Å². The highest BCUT2D eigenvalue weighted by Crippen LogP contribution is 2.22. The lowest BCUT2D eigenvalue weighted by molar-refractivity contribution is 0.0704. The third kappa shape index (κ3) is 4.68. The molecule has 124 valence electrons. The lowest BCUT2D eigenvalue weighted by Crippen LogP contribution is -2.37. The molecule has 2 aromatic rings. The topological polar surface area (TPSA) is 46.3 Å². The van der Waals surface area contributed by atoms with Crippen LogP contribution in [0.1, 0.15) is 43.7 Å². The first kappa shape index (κ1) is 17.3. The minimum atomic E-state index is -0.0601. The van der Waals surface area contributed by atoms with E-state index in [1.54, 1.807) is 6.07 Å². The van der Waals surface area contributed by atoms with Gasteiger partial charge < -0.3 is 9.42 Å². The molecule has 0 spiro atoms. The van der Waals surface area contributed by atoms with Crippen molar-refractivity contribution in [2.45, 2.75) is 34.6 Å². The molecular weight excluding hydrogens is 288 g/mol. The number of rotatable bonds is 6. The van der Waals surface area contributed by atoms with E-state index < -0.39 is 0 Å². The fourth-order valence-corrected chi connectivity index (χ4v) is 2.59. The summed E-state index contributed by atoms with van der Waals surface area (Å²) in [5, 5.41) is 3.99. The molecule has 23 heavy (non-hydrogen) atoms. The zero-order valence-electron chi connectivity index (χ0n) is 14.7. The Kier molecular flexibility index (Phi) is 5.59. The van der Waals surface area contributed by atoms with E-state index in [-0.39, 0.29) is 5.91 Å². The molecule has 0 unspecified atom stereocenters. The summed E-state index contributed by atoms with van der Waals surface area (Å²) >= 11 is 0. The van der Waals surface area contributed by atoms with Crippen molar-refractivity contribution in [2.24, 2.45) is 11.8 Å². The van der Waals surface area contributed by atoms with Gasteiger partial charge in [-0.25, -0.2) is 0 Å². The maximum Gasteiger partial charge on any atom is 0.276 e. The zero-order valence-corrected chi connectivity index (χ0v) is 14.7. The van der Waals surface area contributed by atoms with Crippen LogP contribution in [0.25, 0.3) is 11.3 Å². The molecule has 0 N–H and O–H groups in total. The quantitative estimate of drug-likeness (QED) is 0.793. The third-order valence-corrected chi connectivity index (χ3v) is 3.49. The number of hydrogen-bond donors (Lipinski definition) is 0. The van der Waals surface area contributed by atoms with E-state index >= 15 is 0 Å². The number of aromatic nitrogens is 1. The van der Waals surface area contributed by atoms with E-state index in [9.17, 15) is 4.79 Å². The number of carbonyl (C=O) groups is 1. The molecule has 0 atom stereocenters. The van der Waals surface area contributed by atoms with E-state index in [4.69, 9.17) is 4.52 Å². The molecule has 0 saturated heterocycles. The summed E-state index contributed by atoms with van der Waals surface area (Å²) in [4.78, 5) is 14.6. The molecule has 0 aliphatic carbocycles. The largest absolute Gasteiger partial charge is 0.355 e. The van der Waals surface area contributed by atoms with E-state index in [1.165, 1.54) is 0 Å². The molecule has 1 amide bonds. The van der Waals surface area contributed by atoms with Gasteiger partial charge in [-0.3, -0.25) is 4.79 Å². The van der Waals surface area contributed by atoms with Crippen LogP contribution in [0, 0.1) is 18.8 Å². The molecular formula is C19H26N2O2. The van der Waals surface area contributed by atoms with E-state index in [2.05, 4.69) is 32.9 Å². The van der Waals surface area contributed by atoms with Crippen molar-refractivity contribution >= 4 is 5.91 Å². The Labute approximate surface area is 138 Å². The Morgan fingerprint density at radius 2 is 1.78 bits per heavy atom. The van der Waals surface area contributed by atoms with Crippen LogP contribution in [0.2, 0.25) is 0 Å². The highest BCUT2D eigenvalue weighted by Gasteiger charge is 2.22. The Hall–Kier alpha value is -2.10. The Balaban J connectivity index is 2.21.